The van der Waals surface area contributed by atoms with Crippen molar-refractivity contribution in [1.82, 2.24) is 0 Å². The van der Waals surface area contributed by atoms with Crippen LogP contribution in [0.5, 0.6) is 11.5 Å². The average Bonchev–Trinajstić information content (AvgIpc) is 2.28. The van der Waals surface area contributed by atoms with Crippen LogP contribution < -0.4 is 15.4 Å². The van der Waals surface area contributed by atoms with Crippen molar-refractivity contribution in [2.45, 2.75) is 11.5 Å². The van der Waals surface area contributed by atoms with Crippen molar-refractivity contribution >= 4 is 11.8 Å². The Kier molecular flexibility index (Phi) is 4.74. The molecule has 0 aliphatic heterocycles. The van der Waals surface area contributed by atoms with Crippen molar-refractivity contribution in [1.29, 1.82) is 0 Å². The molecule has 2 N–H and O–H groups in total. The molecule has 0 heterocycles. The van der Waals surface area contributed by atoms with Gasteiger partial charge in [0.1, 0.15) is 11.5 Å². The van der Waals surface area contributed by atoms with E-state index >= 15 is 0 Å². The summed E-state index contributed by atoms with van der Waals surface area (Å²) >= 11 is 1.58. The number of ether oxygens (including phenoxy) is 2. The first kappa shape index (κ1) is 12.2. The Bertz CT molecular complexity index is 331. The van der Waals surface area contributed by atoms with Crippen molar-refractivity contribution in [2.24, 2.45) is 5.90 Å². The minimum Gasteiger partial charge on any atom is -0.496 e. The number of hydrogen-bond acceptors (Lipinski definition) is 5. The van der Waals surface area contributed by atoms with E-state index in [1.54, 1.807) is 26.0 Å². The van der Waals surface area contributed by atoms with Gasteiger partial charge in [-0.2, -0.15) is 0 Å². The molecule has 1 aromatic rings. The molecule has 5 heteroatoms. The van der Waals surface area contributed by atoms with Crippen molar-refractivity contribution in [3.05, 3.63) is 17.7 Å². The topological polar surface area (TPSA) is 53.7 Å². The van der Waals surface area contributed by atoms with Gasteiger partial charge in [-0.1, -0.05) is 0 Å². The summed E-state index contributed by atoms with van der Waals surface area (Å²) in [6, 6.07) is 3.71. The first-order valence-corrected chi connectivity index (χ1v) is 5.60. The Morgan fingerprint density at radius 1 is 1.20 bits per heavy atom. The van der Waals surface area contributed by atoms with Gasteiger partial charge in [0.05, 0.1) is 25.7 Å². The molecule has 1 rings (SSSR count). The number of nitrogens with two attached hydrogens (primary N) is 1. The molecule has 84 valence electrons. The molecular formula is C10H15NO3S. The molecule has 0 aromatic heterocycles. The lowest BCUT2D eigenvalue weighted by Crippen LogP contribution is -2.03. The summed E-state index contributed by atoms with van der Waals surface area (Å²) in [7, 11) is 3.25. The summed E-state index contributed by atoms with van der Waals surface area (Å²) in [5.74, 6) is 6.65. The lowest BCUT2D eigenvalue weighted by Gasteiger charge is -2.14. The maximum atomic E-state index is 5.25. The second-order valence-electron chi connectivity index (χ2n) is 2.79. The summed E-state index contributed by atoms with van der Waals surface area (Å²) < 4.78 is 10.5. The molecule has 0 fully saturated rings. The monoisotopic (exact) mass is 229 g/mol. The van der Waals surface area contributed by atoms with Crippen LogP contribution in [0.4, 0.5) is 0 Å². The maximum Gasteiger partial charge on any atom is 0.133 e. The van der Waals surface area contributed by atoms with Crippen LogP contribution in [0.2, 0.25) is 0 Å². The van der Waals surface area contributed by atoms with E-state index in [2.05, 4.69) is 4.84 Å². The SMILES string of the molecule is COc1ccc(OC)c(SC)c1CON. The van der Waals surface area contributed by atoms with Crippen LogP contribution in [0.15, 0.2) is 17.0 Å². The van der Waals surface area contributed by atoms with E-state index in [-0.39, 0.29) is 0 Å². The molecule has 0 bridgehead atoms. The molecule has 0 radical (unpaired) electrons. The standard InChI is InChI=1S/C10H15NO3S/c1-12-8-4-5-9(13-2)10(15-3)7(8)6-14-11/h4-5H,6,11H2,1-3H3. The molecule has 1 aromatic carbocycles. The van der Waals surface area contributed by atoms with Gasteiger partial charge in [-0.15, -0.1) is 11.8 Å². The van der Waals surface area contributed by atoms with Crippen LogP contribution in [-0.2, 0) is 11.4 Å². The highest BCUT2D eigenvalue weighted by atomic mass is 32.2. The Balaban J connectivity index is 3.24. The summed E-state index contributed by atoms with van der Waals surface area (Å²) in [6.07, 6.45) is 1.97. The normalized spacial score (nSPS) is 10.1. The highest BCUT2D eigenvalue weighted by Crippen LogP contribution is 2.37. The van der Waals surface area contributed by atoms with Crippen molar-refractivity contribution in [3.8, 4) is 11.5 Å². The average molecular weight is 229 g/mol. The number of rotatable bonds is 5. The van der Waals surface area contributed by atoms with Crippen molar-refractivity contribution in [2.75, 3.05) is 20.5 Å². The van der Waals surface area contributed by atoms with Crippen molar-refractivity contribution in [3.63, 3.8) is 0 Å². The van der Waals surface area contributed by atoms with Crippen LogP contribution in [0.25, 0.3) is 0 Å². The van der Waals surface area contributed by atoms with E-state index in [0.29, 0.717) is 6.61 Å². The van der Waals surface area contributed by atoms with Gasteiger partial charge in [0, 0.05) is 5.56 Å². The molecule has 0 aliphatic rings. The zero-order valence-electron chi connectivity index (χ0n) is 9.07. The first-order valence-electron chi connectivity index (χ1n) is 4.38. The molecule has 15 heavy (non-hydrogen) atoms. The number of methoxy groups -OCH3 is 2. The summed E-state index contributed by atoms with van der Waals surface area (Å²) in [4.78, 5) is 5.65. The van der Waals surface area contributed by atoms with Crippen LogP contribution in [0.1, 0.15) is 5.56 Å². The van der Waals surface area contributed by atoms with E-state index in [1.807, 2.05) is 18.4 Å². The molecule has 0 amide bonds. The molecule has 0 saturated heterocycles. The van der Waals surface area contributed by atoms with E-state index in [4.69, 9.17) is 15.4 Å². The molecule has 0 unspecified atom stereocenters. The minimum absolute atomic E-state index is 0.302. The third kappa shape index (κ3) is 2.56. The van der Waals surface area contributed by atoms with Gasteiger partial charge in [0.25, 0.3) is 0 Å². The minimum atomic E-state index is 0.302. The summed E-state index contributed by atoms with van der Waals surface area (Å²) in [5.41, 5.74) is 0.909. The third-order valence-corrected chi connectivity index (χ3v) is 2.91. The van der Waals surface area contributed by atoms with Gasteiger partial charge in [-0.25, -0.2) is 5.90 Å². The Morgan fingerprint density at radius 2 is 1.80 bits per heavy atom. The number of thioether (sulfide) groups is 1. The number of benzene rings is 1. The van der Waals surface area contributed by atoms with Crippen LogP contribution >= 0.6 is 11.8 Å². The lowest BCUT2D eigenvalue weighted by molar-refractivity contribution is 0.120. The zero-order chi connectivity index (χ0) is 11.3. The number of hydrogen-bond donors (Lipinski definition) is 1. The van der Waals surface area contributed by atoms with E-state index in [9.17, 15) is 0 Å². The lowest BCUT2D eigenvalue weighted by atomic mass is 10.2. The Hall–Kier alpha value is -0.910. The van der Waals surface area contributed by atoms with E-state index in [0.717, 1.165) is 22.0 Å². The Morgan fingerprint density at radius 3 is 2.27 bits per heavy atom. The quantitative estimate of drug-likeness (QED) is 0.616. The second-order valence-corrected chi connectivity index (χ2v) is 3.61. The second kappa shape index (κ2) is 5.85. The van der Waals surface area contributed by atoms with Gasteiger partial charge in [0.2, 0.25) is 0 Å². The molecule has 0 saturated carbocycles. The highest BCUT2D eigenvalue weighted by Gasteiger charge is 2.13. The van der Waals surface area contributed by atoms with Crippen molar-refractivity contribution < 1.29 is 14.3 Å². The van der Waals surface area contributed by atoms with Gasteiger partial charge in [-0.3, -0.25) is 4.84 Å². The fourth-order valence-electron chi connectivity index (χ4n) is 1.38. The smallest absolute Gasteiger partial charge is 0.133 e. The molecular weight excluding hydrogens is 214 g/mol. The predicted octanol–water partition coefficient (Wildman–Crippen LogP) is 1.82. The largest absolute Gasteiger partial charge is 0.496 e. The maximum absolute atomic E-state index is 5.25. The highest BCUT2D eigenvalue weighted by molar-refractivity contribution is 7.98. The van der Waals surface area contributed by atoms with Crippen LogP contribution in [0, 0.1) is 0 Å². The van der Waals surface area contributed by atoms with E-state index < -0.39 is 0 Å². The molecule has 0 atom stereocenters. The van der Waals surface area contributed by atoms with E-state index in [1.165, 1.54) is 0 Å². The summed E-state index contributed by atoms with van der Waals surface area (Å²) in [5, 5.41) is 0. The van der Waals surface area contributed by atoms with Gasteiger partial charge in [0.15, 0.2) is 0 Å². The fourth-order valence-corrected chi connectivity index (χ4v) is 2.14. The van der Waals surface area contributed by atoms with Crippen LogP contribution in [0.3, 0.4) is 0 Å². The fraction of sp³-hybridized carbons (Fsp3) is 0.400. The third-order valence-electron chi connectivity index (χ3n) is 2.05. The Labute approximate surface area is 93.6 Å². The molecule has 0 aliphatic carbocycles. The molecule has 0 spiro atoms. The summed E-state index contributed by atoms with van der Waals surface area (Å²) in [6.45, 7) is 0.302. The van der Waals surface area contributed by atoms with Crippen LogP contribution in [-0.4, -0.2) is 20.5 Å². The van der Waals surface area contributed by atoms with Gasteiger partial charge in [-0.05, 0) is 18.4 Å². The van der Waals surface area contributed by atoms with Gasteiger partial charge >= 0.3 is 0 Å². The predicted molar refractivity (Wildman–Crippen MR) is 60.3 cm³/mol. The first-order chi connectivity index (χ1) is 7.28. The molecule has 4 nitrogen and oxygen atoms in total. The zero-order valence-corrected chi connectivity index (χ0v) is 9.89. The van der Waals surface area contributed by atoms with Gasteiger partial charge < -0.3 is 9.47 Å².